The number of carbonyl (C=O) groups is 1. The number of aliphatic carboxylic acids is 1. The molecule has 0 radical (unpaired) electrons. The number of halogens is 1. The smallest absolute Gasteiger partial charge is 0.311 e. The fourth-order valence-electron chi connectivity index (χ4n) is 3.22. The van der Waals surface area contributed by atoms with Crippen LogP contribution < -0.4 is 0 Å². The number of aromatic nitrogens is 2. The first-order valence-corrected chi connectivity index (χ1v) is 9.31. The fraction of sp³-hybridized carbons (Fsp3) is 0.227. The molecule has 0 aliphatic heterocycles. The van der Waals surface area contributed by atoms with Crippen molar-refractivity contribution < 1.29 is 9.90 Å². The molecule has 1 unspecified atom stereocenters. The van der Waals surface area contributed by atoms with Crippen LogP contribution in [0, 0.1) is 6.92 Å². The van der Waals surface area contributed by atoms with E-state index in [2.05, 4.69) is 4.98 Å². The second-order valence-electron chi connectivity index (χ2n) is 6.45. The molecule has 1 heterocycles. The summed E-state index contributed by atoms with van der Waals surface area (Å²) in [5.74, 6) is -0.917. The van der Waals surface area contributed by atoms with Gasteiger partial charge in [-0.15, -0.1) is 0 Å². The number of hydrogen-bond donors (Lipinski definition) is 1. The highest BCUT2D eigenvalue weighted by molar-refractivity contribution is 6.30. The summed E-state index contributed by atoms with van der Waals surface area (Å²) in [7, 11) is 0. The number of nitrogens with zero attached hydrogens (tertiary/aromatic N) is 2. The average Bonchev–Trinajstić information content (AvgIpc) is 2.67. The van der Waals surface area contributed by atoms with Gasteiger partial charge in [-0.25, -0.2) is 9.97 Å². The van der Waals surface area contributed by atoms with Crippen molar-refractivity contribution in [1.82, 2.24) is 9.97 Å². The lowest BCUT2D eigenvalue weighted by Gasteiger charge is -2.19. The normalized spacial score (nSPS) is 12.0. The molecule has 3 aromatic rings. The van der Waals surface area contributed by atoms with Gasteiger partial charge in [-0.3, -0.25) is 4.79 Å². The molecule has 1 aromatic heterocycles. The van der Waals surface area contributed by atoms with Crippen LogP contribution in [0.2, 0.25) is 5.02 Å². The first-order valence-electron chi connectivity index (χ1n) is 8.94. The zero-order valence-electron chi connectivity index (χ0n) is 15.3. The Kier molecular flexibility index (Phi) is 5.87. The van der Waals surface area contributed by atoms with Gasteiger partial charge in [-0.05, 0) is 25.5 Å². The molecule has 1 atom stereocenters. The fourth-order valence-corrected chi connectivity index (χ4v) is 3.35. The minimum absolute atomic E-state index is 0.533. The Morgan fingerprint density at radius 2 is 1.70 bits per heavy atom. The molecule has 0 fully saturated rings. The van der Waals surface area contributed by atoms with E-state index in [0.29, 0.717) is 34.2 Å². The first-order chi connectivity index (χ1) is 13.0. The van der Waals surface area contributed by atoms with Gasteiger partial charge < -0.3 is 5.11 Å². The highest BCUT2D eigenvalue weighted by atomic mass is 35.5. The third-order valence-electron chi connectivity index (χ3n) is 4.51. The van der Waals surface area contributed by atoms with E-state index in [9.17, 15) is 9.90 Å². The number of carboxylic acids is 1. The second-order valence-corrected chi connectivity index (χ2v) is 6.88. The Morgan fingerprint density at radius 1 is 1.04 bits per heavy atom. The molecule has 0 bridgehead atoms. The molecule has 0 saturated carbocycles. The molecule has 3 rings (SSSR count). The van der Waals surface area contributed by atoms with Crippen molar-refractivity contribution in [3.8, 4) is 22.6 Å². The van der Waals surface area contributed by atoms with E-state index >= 15 is 0 Å². The van der Waals surface area contributed by atoms with E-state index in [0.717, 1.165) is 17.5 Å². The van der Waals surface area contributed by atoms with Crippen molar-refractivity contribution in [2.45, 2.75) is 32.6 Å². The van der Waals surface area contributed by atoms with Gasteiger partial charge in [0.2, 0.25) is 0 Å². The predicted molar refractivity (Wildman–Crippen MR) is 108 cm³/mol. The summed E-state index contributed by atoms with van der Waals surface area (Å²) < 4.78 is 0. The highest BCUT2D eigenvalue weighted by Gasteiger charge is 2.27. The summed E-state index contributed by atoms with van der Waals surface area (Å²) in [6.07, 6.45) is 1.29. The monoisotopic (exact) mass is 380 g/mol. The molecule has 138 valence electrons. The van der Waals surface area contributed by atoms with Crippen LogP contribution in [-0.2, 0) is 4.79 Å². The van der Waals surface area contributed by atoms with Crippen molar-refractivity contribution in [3.63, 3.8) is 0 Å². The lowest BCUT2D eigenvalue weighted by molar-refractivity contribution is -0.139. The minimum atomic E-state index is -0.855. The number of aryl methyl sites for hydroxylation is 1. The van der Waals surface area contributed by atoms with Gasteiger partial charge in [0.25, 0.3) is 0 Å². The van der Waals surface area contributed by atoms with Gasteiger partial charge in [0.05, 0.1) is 11.6 Å². The Morgan fingerprint density at radius 3 is 2.30 bits per heavy atom. The summed E-state index contributed by atoms with van der Waals surface area (Å²) in [6.45, 7) is 3.83. The summed E-state index contributed by atoms with van der Waals surface area (Å²) >= 11 is 6.03. The number of rotatable bonds is 6. The Hall–Kier alpha value is -2.72. The maximum Gasteiger partial charge on any atom is 0.311 e. The maximum atomic E-state index is 12.0. The molecule has 27 heavy (non-hydrogen) atoms. The van der Waals surface area contributed by atoms with Crippen LogP contribution in [0.3, 0.4) is 0 Å². The lowest BCUT2D eigenvalue weighted by atomic mass is 9.89. The molecule has 1 N–H and O–H groups in total. The molecule has 0 aliphatic carbocycles. The average molecular weight is 381 g/mol. The summed E-state index contributed by atoms with van der Waals surface area (Å²) in [4.78, 5) is 21.4. The van der Waals surface area contributed by atoms with Gasteiger partial charge in [-0.1, -0.05) is 67.4 Å². The van der Waals surface area contributed by atoms with Crippen LogP contribution in [0.25, 0.3) is 22.6 Å². The van der Waals surface area contributed by atoms with E-state index in [1.165, 1.54) is 0 Å². The Labute approximate surface area is 163 Å². The van der Waals surface area contributed by atoms with Crippen molar-refractivity contribution in [2.24, 2.45) is 0 Å². The molecule has 0 aliphatic rings. The zero-order valence-corrected chi connectivity index (χ0v) is 16.1. The Bertz CT molecular complexity index is 941. The van der Waals surface area contributed by atoms with Gasteiger partial charge in [0, 0.05) is 27.4 Å². The number of hydrogen-bond acceptors (Lipinski definition) is 3. The zero-order chi connectivity index (χ0) is 19.4. The molecule has 5 heteroatoms. The summed E-state index contributed by atoms with van der Waals surface area (Å²) in [6, 6.07) is 17.0. The molecule has 0 spiro atoms. The van der Waals surface area contributed by atoms with E-state index in [1.54, 1.807) is 12.1 Å². The largest absolute Gasteiger partial charge is 0.481 e. The highest BCUT2D eigenvalue weighted by Crippen LogP contribution is 2.34. The van der Waals surface area contributed by atoms with Crippen LogP contribution in [0.4, 0.5) is 0 Å². The molecule has 4 nitrogen and oxygen atoms in total. The minimum Gasteiger partial charge on any atom is -0.481 e. The van der Waals surface area contributed by atoms with Crippen molar-refractivity contribution in [1.29, 1.82) is 0 Å². The summed E-state index contributed by atoms with van der Waals surface area (Å²) in [5.41, 5.74) is 3.74. The van der Waals surface area contributed by atoms with Gasteiger partial charge >= 0.3 is 5.97 Å². The predicted octanol–water partition coefficient (Wildman–Crippen LogP) is 5.74. The van der Waals surface area contributed by atoms with E-state index in [1.807, 2.05) is 56.3 Å². The standard InChI is InChI=1S/C22H21ClN2O2/c1-3-7-18(22(26)27)19-14(2)24-21(16-8-5-4-6-9-16)25-20(19)15-10-12-17(23)13-11-15/h4-6,8-13,18H,3,7H2,1-2H3,(H,26,27). The van der Waals surface area contributed by atoms with Crippen LogP contribution >= 0.6 is 11.6 Å². The summed E-state index contributed by atoms with van der Waals surface area (Å²) in [5, 5.41) is 10.4. The Balaban J connectivity index is 2.25. The third-order valence-corrected chi connectivity index (χ3v) is 4.76. The first kappa shape index (κ1) is 19.1. The SMILES string of the molecule is CCCC(C(=O)O)c1c(C)nc(-c2ccccc2)nc1-c1ccc(Cl)cc1. The quantitative estimate of drug-likeness (QED) is 0.592. The van der Waals surface area contributed by atoms with Crippen LogP contribution in [0.1, 0.15) is 36.9 Å². The van der Waals surface area contributed by atoms with Gasteiger partial charge in [0.1, 0.15) is 0 Å². The molecule has 2 aromatic carbocycles. The number of benzene rings is 2. The topological polar surface area (TPSA) is 63.1 Å². The van der Waals surface area contributed by atoms with Crippen LogP contribution in [0.5, 0.6) is 0 Å². The van der Waals surface area contributed by atoms with E-state index < -0.39 is 11.9 Å². The maximum absolute atomic E-state index is 12.0. The van der Waals surface area contributed by atoms with Crippen LogP contribution in [0.15, 0.2) is 54.6 Å². The lowest BCUT2D eigenvalue weighted by Crippen LogP contribution is -2.16. The molecule has 0 amide bonds. The molecule has 0 saturated heterocycles. The van der Waals surface area contributed by atoms with Crippen molar-refractivity contribution >= 4 is 17.6 Å². The van der Waals surface area contributed by atoms with Gasteiger partial charge in [-0.2, -0.15) is 0 Å². The van der Waals surface area contributed by atoms with Gasteiger partial charge in [0.15, 0.2) is 5.82 Å². The van der Waals surface area contributed by atoms with E-state index in [4.69, 9.17) is 16.6 Å². The second kappa shape index (κ2) is 8.31. The molecular formula is C22H21ClN2O2. The van der Waals surface area contributed by atoms with Crippen LogP contribution in [-0.4, -0.2) is 21.0 Å². The molecular weight excluding hydrogens is 360 g/mol. The third kappa shape index (κ3) is 4.17. The van der Waals surface area contributed by atoms with Crippen molar-refractivity contribution in [2.75, 3.05) is 0 Å². The van der Waals surface area contributed by atoms with E-state index in [-0.39, 0.29) is 0 Å². The van der Waals surface area contributed by atoms with Crippen molar-refractivity contribution in [3.05, 3.63) is 70.9 Å². The number of carboxylic acid groups (broad SMARTS) is 1.